The molecule has 0 radical (unpaired) electrons. The zero-order valence-corrected chi connectivity index (χ0v) is 15.1. The Morgan fingerprint density at radius 2 is 1.54 bits per heavy atom. The molecule has 0 fully saturated rings. The van der Waals surface area contributed by atoms with Crippen LogP contribution in [0.1, 0.15) is 33.6 Å². The lowest BCUT2D eigenvalue weighted by molar-refractivity contribution is -0.138. The number of primary amides is 1. The molecule has 0 aromatic heterocycles. The van der Waals surface area contributed by atoms with E-state index in [4.69, 9.17) is 16.6 Å². The van der Waals surface area contributed by atoms with Crippen molar-refractivity contribution in [1.29, 1.82) is 0 Å². The molecule has 0 aliphatic carbocycles. The first kappa shape index (κ1) is 23.3. The summed E-state index contributed by atoms with van der Waals surface area (Å²) in [6.45, 7) is 4.27. The molecule has 8 N–H and O–H groups in total. The molecule has 0 aliphatic heterocycles. The lowest BCUT2D eigenvalue weighted by Gasteiger charge is -2.22. The van der Waals surface area contributed by atoms with E-state index >= 15 is 0 Å². The van der Waals surface area contributed by atoms with Crippen molar-refractivity contribution in [3.63, 3.8) is 0 Å². The smallest absolute Gasteiger partial charge is 0.322 e. The van der Waals surface area contributed by atoms with Gasteiger partial charge in [0.25, 0.3) is 0 Å². The topological polar surface area (TPSA) is 194 Å². The number of carbonyl (C=O) groups is 5. The number of rotatable bonds is 11. The van der Waals surface area contributed by atoms with E-state index in [1.54, 1.807) is 13.8 Å². The third kappa shape index (κ3) is 8.97. The van der Waals surface area contributed by atoms with Gasteiger partial charge in [-0.25, -0.2) is 0 Å². The van der Waals surface area contributed by atoms with Crippen LogP contribution in [-0.2, 0) is 24.0 Å². The molecule has 3 atom stereocenters. The predicted molar refractivity (Wildman–Crippen MR) is 91.4 cm³/mol. The first-order valence-corrected chi connectivity index (χ1v) is 8.09. The average molecular weight is 373 g/mol. The fourth-order valence-corrected chi connectivity index (χ4v) is 1.82. The van der Waals surface area contributed by atoms with Crippen molar-refractivity contribution >= 4 is 29.6 Å². The molecule has 148 valence electrons. The normalized spacial score (nSPS) is 14.0. The predicted octanol–water partition coefficient (Wildman–Crippen LogP) is -2.57. The zero-order chi connectivity index (χ0) is 20.4. The number of carboxylic acid groups (broad SMARTS) is 1. The Kier molecular flexibility index (Phi) is 9.89. The van der Waals surface area contributed by atoms with Crippen molar-refractivity contribution in [3.8, 4) is 0 Å². The van der Waals surface area contributed by atoms with Gasteiger partial charge in [-0.1, -0.05) is 13.8 Å². The van der Waals surface area contributed by atoms with E-state index in [0.29, 0.717) is 0 Å². The largest absolute Gasteiger partial charge is 0.480 e. The van der Waals surface area contributed by atoms with Crippen molar-refractivity contribution in [2.24, 2.45) is 17.4 Å². The van der Waals surface area contributed by atoms with E-state index in [-0.39, 0.29) is 18.8 Å². The van der Waals surface area contributed by atoms with Crippen LogP contribution >= 0.6 is 0 Å². The molecule has 4 amide bonds. The van der Waals surface area contributed by atoms with Crippen molar-refractivity contribution in [2.75, 3.05) is 6.54 Å². The van der Waals surface area contributed by atoms with E-state index < -0.39 is 54.3 Å². The van der Waals surface area contributed by atoms with Crippen LogP contribution in [0.3, 0.4) is 0 Å². The fourth-order valence-electron chi connectivity index (χ4n) is 1.82. The summed E-state index contributed by atoms with van der Waals surface area (Å²) in [7, 11) is 0. The molecule has 0 aromatic carbocycles. The van der Waals surface area contributed by atoms with E-state index in [1.807, 2.05) is 0 Å². The second-order valence-electron chi connectivity index (χ2n) is 6.18. The summed E-state index contributed by atoms with van der Waals surface area (Å²) in [5.74, 6) is -4.06. The molecule has 11 nitrogen and oxygen atoms in total. The quantitative estimate of drug-likeness (QED) is 0.229. The molecule has 0 saturated heterocycles. The highest BCUT2D eigenvalue weighted by molar-refractivity contribution is 5.93. The van der Waals surface area contributed by atoms with Gasteiger partial charge < -0.3 is 32.5 Å². The maximum atomic E-state index is 12.2. The molecule has 0 heterocycles. The minimum Gasteiger partial charge on any atom is -0.480 e. The van der Waals surface area contributed by atoms with Crippen LogP contribution in [0.2, 0.25) is 0 Å². The number of aliphatic carboxylic acids is 1. The molecule has 11 heteroatoms. The van der Waals surface area contributed by atoms with Crippen LogP contribution in [-0.4, -0.2) is 59.4 Å². The van der Waals surface area contributed by atoms with Gasteiger partial charge in [-0.2, -0.15) is 0 Å². The van der Waals surface area contributed by atoms with E-state index in [2.05, 4.69) is 16.0 Å². The number of carbonyl (C=O) groups excluding carboxylic acids is 4. The third-order valence-corrected chi connectivity index (χ3v) is 3.50. The van der Waals surface area contributed by atoms with Gasteiger partial charge in [0, 0.05) is 6.42 Å². The lowest BCUT2D eigenvalue weighted by Crippen LogP contribution is -2.55. The van der Waals surface area contributed by atoms with Crippen molar-refractivity contribution in [1.82, 2.24) is 16.0 Å². The Labute approximate surface area is 151 Å². The van der Waals surface area contributed by atoms with Gasteiger partial charge in [0.2, 0.25) is 23.6 Å². The molecule has 0 aliphatic rings. The minimum atomic E-state index is -1.26. The number of hydrogen-bond donors (Lipinski definition) is 6. The Hall–Kier alpha value is -2.69. The maximum Gasteiger partial charge on any atom is 0.322 e. The monoisotopic (exact) mass is 373 g/mol. The maximum absolute atomic E-state index is 12.2. The number of carboxylic acids is 1. The summed E-state index contributed by atoms with van der Waals surface area (Å²) in [6.07, 6.45) is -0.302. The standard InChI is InChI=1S/C15H27N5O6/c1-7(2)12(17)15(26)19-8(3)13(24)20-9(4-5-10(16)21)14(25)18-6-11(22)23/h7-9,12H,4-6,17H2,1-3H3,(H2,16,21)(H,18,25)(H,19,26)(H,20,24)(H,22,23). The Morgan fingerprint density at radius 3 is 2.00 bits per heavy atom. The van der Waals surface area contributed by atoms with Crippen LogP contribution < -0.4 is 27.4 Å². The first-order valence-electron chi connectivity index (χ1n) is 8.09. The Balaban J connectivity index is 4.86. The van der Waals surface area contributed by atoms with Gasteiger partial charge in [-0.05, 0) is 19.3 Å². The molecule has 0 rings (SSSR count). The summed E-state index contributed by atoms with van der Waals surface area (Å²) in [5, 5.41) is 15.5. The number of nitrogens with one attached hydrogen (secondary N) is 3. The average Bonchev–Trinajstić information content (AvgIpc) is 2.54. The fraction of sp³-hybridized carbons (Fsp3) is 0.667. The van der Waals surface area contributed by atoms with Crippen molar-refractivity contribution < 1.29 is 29.1 Å². The van der Waals surface area contributed by atoms with Gasteiger partial charge >= 0.3 is 5.97 Å². The first-order chi connectivity index (χ1) is 12.0. The number of hydrogen-bond acceptors (Lipinski definition) is 6. The van der Waals surface area contributed by atoms with Gasteiger partial charge in [0.15, 0.2) is 0 Å². The number of amides is 4. The lowest BCUT2D eigenvalue weighted by atomic mass is 10.0. The van der Waals surface area contributed by atoms with Crippen LogP contribution in [0, 0.1) is 5.92 Å². The highest BCUT2D eigenvalue weighted by Gasteiger charge is 2.26. The second-order valence-corrected chi connectivity index (χ2v) is 6.18. The Bertz CT molecular complexity index is 551. The Morgan fingerprint density at radius 1 is 0.962 bits per heavy atom. The van der Waals surface area contributed by atoms with Crippen molar-refractivity contribution in [3.05, 3.63) is 0 Å². The van der Waals surface area contributed by atoms with Gasteiger partial charge in [0.05, 0.1) is 6.04 Å². The highest BCUT2D eigenvalue weighted by Crippen LogP contribution is 2.01. The molecule has 0 aromatic rings. The van der Waals surface area contributed by atoms with Crippen LogP contribution in [0.5, 0.6) is 0 Å². The van der Waals surface area contributed by atoms with E-state index in [1.165, 1.54) is 6.92 Å². The SMILES string of the molecule is CC(NC(=O)C(N)C(C)C)C(=O)NC(CCC(N)=O)C(=O)NCC(=O)O. The molecule has 3 unspecified atom stereocenters. The van der Waals surface area contributed by atoms with Gasteiger partial charge in [-0.3, -0.25) is 24.0 Å². The summed E-state index contributed by atoms with van der Waals surface area (Å²) >= 11 is 0. The summed E-state index contributed by atoms with van der Waals surface area (Å²) in [5.41, 5.74) is 10.7. The zero-order valence-electron chi connectivity index (χ0n) is 15.1. The molecular formula is C15H27N5O6. The summed E-state index contributed by atoms with van der Waals surface area (Å²) in [6, 6.07) is -2.96. The number of nitrogens with two attached hydrogens (primary N) is 2. The van der Waals surface area contributed by atoms with Crippen LogP contribution in [0.25, 0.3) is 0 Å². The van der Waals surface area contributed by atoms with E-state index in [9.17, 15) is 24.0 Å². The molecule has 26 heavy (non-hydrogen) atoms. The van der Waals surface area contributed by atoms with Crippen LogP contribution in [0.15, 0.2) is 0 Å². The molecular weight excluding hydrogens is 346 g/mol. The van der Waals surface area contributed by atoms with Crippen LogP contribution in [0.4, 0.5) is 0 Å². The molecule has 0 saturated carbocycles. The van der Waals surface area contributed by atoms with Gasteiger partial charge in [0.1, 0.15) is 18.6 Å². The third-order valence-electron chi connectivity index (χ3n) is 3.50. The van der Waals surface area contributed by atoms with E-state index in [0.717, 1.165) is 0 Å². The summed E-state index contributed by atoms with van der Waals surface area (Å²) < 4.78 is 0. The minimum absolute atomic E-state index is 0.112. The highest BCUT2D eigenvalue weighted by atomic mass is 16.4. The van der Waals surface area contributed by atoms with Gasteiger partial charge in [-0.15, -0.1) is 0 Å². The summed E-state index contributed by atoms with van der Waals surface area (Å²) in [4.78, 5) is 57.5. The second kappa shape index (κ2) is 11.0. The molecule has 0 spiro atoms. The van der Waals surface area contributed by atoms with Crippen molar-refractivity contribution in [2.45, 2.75) is 51.7 Å². The molecule has 0 bridgehead atoms.